The van der Waals surface area contributed by atoms with Crippen LogP contribution in [0.25, 0.3) is 11.2 Å². The lowest BCUT2D eigenvalue weighted by Crippen LogP contribution is -2.40. The smallest absolute Gasteiger partial charge is 0.332 e. The van der Waals surface area contributed by atoms with E-state index in [1.807, 2.05) is 11.6 Å². The molecule has 0 unspecified atom stereocenters. The maximum atomic E-state index is 13.2. The Balaban J connectivity index is 1.90. The second-order valence-electron chi connectivity index (χ2n) is 8.77. The van der Waals surface area contributed by atoms with E-state index in [2.05, 4.69) is 17.0 Å². The van der Waals surface area contributed by atoms with Gasteiger partial charge in [-0.2, -0.15) is 0 Å². The van der Waals surface area contributed by atoms with Crippen molar-refractivity contribution in [2.24, 2.45) is 13.0 Å². The molecular weight excluding hydrogens is 410 g/mol. The first-order chi connectivity index (χ1) is 15.5. The molecule has 0 amide bonds. The number of ether oxygens (including phenoxy) is 1. The molecule has 178 valence electrons. The minimum absolute atomic E-state index is 0.276. The zero-order valence-electron chi connectivity index (χ0n) is 19.7. The molecule has 1 N–H and O–H groups in total. The molecule has 3 rings (SSSR count). The van der Waals surface area contributed by atoms with E-state index in [0.29, 0.717) is 36.5 Å². The van der Waals surface area contributed by atoms with Crippen LogP contribution in [0.2, 0.25) is 0 Å². The van der Waals surface area contributed by atoms with Gasteiger partial charge in [-0.15, -0.1) is 0 Å². The van der Waals surface area contributed by atoms with E-state index in [9.17, 15) is 14.4 Å². The minimum Gasteiger partial charge on any atom is -0.469 e. The van der Waals surface area contributed by atoms with Gasteiger partial charge in [-0.25, -0.2) is 9.78 Å². The van der Waals surface area contributed by atoms with Gasteiger partial charge in [0.2, 0.25) is 0 Å². The average Bonchev–Trinajstić information content (AvgIpc) is 3.14. The zero-order chi connectivity index (χ0) is 23.1. The normalized spacial score (nSPS) is 14.8. The summed E-state index contributed by atoms with van der Waals surface area (Å²) in [6.07, 6.45) is 7.39. The number of unbranched alkanes of at least 4 members (excludes halogenated alkanes) is 2. The molecule has 32 heavy (non-hydrogen) atoms. The Kier molecular flexibility index (Phi) is 8.67. The van der Waals surface area contributed by atoms with Crippen LogP contribution in [0, 0.1) is 5.92 Å². The molecule has 0 bridgehead atoms. The molecule has 3 heterocycles. The molecule has 1 aliphatic rings. The van der Waals surface area contributed by atoms with Gasteiger partial charge in [-0.1, -0.05) is 13.3 Å². The number of nitrogens with one attached hydrogen (secondary N) is 1. The number of aromatic nitrogens is 4. The molecule has 0 spiro atoms. The summed E-state index contributed by atoms with van der Waals surface area (Å²) in [4.78, 5) is 42.5. The summed E-state index contributed by atoms with van der Waals surface area (Å²) in [6, 6.07) is 0. The molecule has 0 atom stereocenters. The molecule has 0 radical (unpaired) electrons. The number of rotatable bonds is 11. The van der Waals surface area contributed by atoms with Crippen molar-refractivity contribution in [1.82, 2.24) is 24.0 Å². The Morgan fingerprint density at radius 2 is 1.84 bits per heavy atom. The lowest BCUT2D eigenvalue weighted by atomic mass is 9.93. The number of aryl methyl sites for hydroxylation is 3. The van der Waals surface area contributed by atoms with Crippen LogP contribution in [-0.4, -0.2) is 44.9 Å². The Labute approximate surface area is 188 Å². The van der Waals surface area contributed by atoms with E-state index < -0.39 is 0 Å². The number of fused-ring (bicyclic) bond motifs is 1. The summed E-state index contributed by atoms with van der Waals surface area (Å²) in [5.74, 6) is 1.25. The van der Waals surface area contributed by atoms with Gasteiger partial charge in [-0.05, 0) is 57.5 Å². The number of hydrogen-bond acceptors (Lipinski definition) is 6. The van der Waals surface area contributed by atoms with E-state index in [1.54, 1.807) is 4.57 Å². The number of piperidine rings is 1. The SMILES string of the molecule is CCCCn1c(=O)n(CCCCC(=O)OC)c(=O)c2nc(CCC3CCNCC3)n(C)c21. The highest BCUT2D eigenvalue weighted by Gasteiger charge is 2.21. The molecule has 2 aromatic rings. The third-order valence-electron chi connectivity index (χ3n) is 6.53. The third kappa shape index (κ3) is 5.49. The van der Waals surface area contributed by atoms with Gasteiger partial charge >= 0.3 is 11.7 Å². The van der Waals surface area contributed by atoms with Crippen molar-refractivity contribution in [3.05, 3.63) is 26.7 Å². The molecule has 1 fully saturated rings. The first-order valence-electron chi connectivity index (χ1n) is 11.9. The summed E-state index contributed by atoms with van der Waals surface area (Å²) >= 11 is 0. The van der Waals surface area contributed by atoms with E-state index in [0.717, 1.165) is 44.6 Å². The fourth-order valence-corrected chi connectivity index (χ4v) is 4.52. The van der Waals surface area contributed by atoms with Crippen LogP contribution in [0.3, 0.4) is 0 Å². The summed E-state index contributed by atoms with van der Waals surface area (Å²) in [5, 5.41) is 3.39. The van der Waals surface area contributed by atoms with Crippen molar-refractivity contribution >= 4 is 17.1 Å². The Morgan fingerprint density at radius 3 is 2.53 bits per heavy atom. The van der Waals surface area contributed by atoms with Crippen molar-refractivity contribution < 1.29 is 9.53 Å². The number of methoxy groups -OCH3 is 1. The number of carbonyl (C=O) groups is 1. The predicted molar refractivity (Wildman–Crippen MR) is 124 cm³/mol. The van der Waals surface area contributed by atoms with E-state index >= 15 is 0 Å². The van der Waals surface area contributed by atoms with Crippen LogP contribution < -0.4 is 16.6 Å². The summed E-state index contributed by atoms with van der Waals surface area (Å²) in [6.45, 7) is 5.03. The number of esters is 1. The zero-order valence-corrected chi connectivity index (χ0v) is 19.7. The highest BCUT2D eigenvalue weighted by molar-refractivity contribution is 5.71. The molecule has 9 heteroatoms. The van der Waals surface area contributed by atoms with Crippen LogP contribution >= 0.6 is 0 Å². The van der Waals surface area contributed by atoms with Gasteiger partial charge in [0, 0.05) is 33.0 Å². The minimum atomic E-state index is -0.334. The average molecular weight is 448 g/mol. The maximum absolute atomic E-state index is 13.2. The Morgan fingerprint density at radius 1 is 1.12 bits per heavy atom. The third-order valence-corrected chi connectivity index (χ3v) is 6.53. The number of hydrogen-bond donors (Lipinski definition) is 1. The van der Waals surface area contributed by atoms with Gasteiger partial charge in [0.25, 0.3) is 5.56 Å². The number of carbonyl (C=O) groups excluding carboxylic acids is 1. The second kappa shape index (κ2) is 11.4. The Bertz CT molecular complexity index is 1030. The van der Waals surface area contributed by atoms with E-state index in [1.165, 1.54) is 24.5 Å². The number of nitrogens with zero attached hydrogens (tertiary/aromatic N) is 4. The van der Waals surface area contributed by atoms with Crippen LogP contribution in [0.5, 0.6) is 0 Å². The standard InChI is InChI=1S/C23H37N5O4/c1-4-5-15-27-21-20(22(30)28(23(27)31)16-7-6-8-19(29)32-3)25-18(26(21)2)10-9-17-11-13-24-14-12-17/h17,24H,4-16H2,1-3H3. The molecule has 1 aliphatic heterocycles. The molecule has 0 aromatic carbocycles. The molecule has 0 saturated carbocycles. The summed E-state index contributed by atoms with van der Waals surface area (Å²) in [7, 11) is 3.27. The lowest BCUT2D eigenvalue weighted by Gasteiger charge is -2.22. The van der Waals surface area contributed by atoms with Crippen LogP contribution in [0.15, 0.2) is 9.59 Å². The summed E-state index contributed by atoms with van der Waals surface area (Å²) < 4.78 is 9.61. The molecule has 9 nitrogen and oxygen atoms in total. The van der Waals surface area contributed by atoms with Gasteiger partial charge in [0.1, 0.15) is 11.5 Å². The van der Waals surface area contributed by atoms with Crippen molar-refractivity contribution in [2.45, 2.75) is 77.8 Å². The van der Waals surface area contributed by atoms with Gasteiger partial charge in [0.05, 0.1) is 7.11 Å². The largest absolute Gasteiger partial charge is 0.469 e. The quantitative estimate of drug-likeness (QED) is 0.418. The van der Waals surface area contributed by atoms with Crippen molar-refractivity contribution in [3.63, 3.8) is 0 Å². The first-order valence-corrected chi connectivity index (χ1v) is 11.9. The molecule has 0 aliphatic carbocycles. The highest BCUT2D eigenvalue weighted by Crippen LogP contribution is 2.20. The fourth-order valence-electron chi connectivity index (χ4n) is 4.52. The fraction of sp³-hybridized carbons (Fsp3) is 0.739. The van der Waals surface area contributed by atoms with Crippen LogP contribution in [0.4, 0.5) is 0 Å². The monoisotopic (exact) mass is 447 g/mol. The highest BCUT2D eigenvalue weighted by atomic mass is 16.5. The van der Waals surface area contributed by atoms with Crippen molar-refractivity contribution in [3.8, 4) is 0 Å². The molecular formula is C23H37N5O4. The van der Waals surface area contributed by atoms with Crippen LogP contribution in [-0.2, 0) is 36.1 Å². The van der Waals surface area contributed by atoms with Gasteiger partial charge < -0.3 is 14.6 Å². The second-order valence-corrected chi connectivity index (χ2v) is 8.77. The van der Waals surface area contributed by atoms with Crippen LogP contribution in [0.1, 0.15) is 64.1 Å². The topological polar surface area (TPSA) is 100 Å². The number of imidazole rings is 1. The summed E-state index contributed by atoms with van der Waals surface area (Å²) in [5.41, 5.74) is 0.373. The van der Waals surface area contributed by atoms with E-state index in [4.69, 9.17) is 4.98 Å². The van der Waals surface area contributed by atoms with Gasteiger partial charge in [0.15, 0.2) is 5.52 Å². The Hall–Kier alpha value is -2.42. The predicted octanol–water partition coefficient (Wildman–Crippen LogP) is 1.97. The van der Waals surface area contributed by atoms with Crippen molar-refractivity contribution in [1.29, 1.82) is 0 Å². The molecule has 2 aromatic heterocycles. The lowest BCUT2D eigenvalue weighted by molar-refractivity contribution is -0.140. The van der Waals surface area contributed by atoms with E-state index in [-0.39, 0.29) is 30.2 Å². The maximum Gasteiger partial charge on any atom is 0.332 e. The molecule has 1 saturated heterocycles. The first kappa shape index (κ1) is 24.2. The van der Waals surface area contributed by atoms with Gasteiger partial charge in [-0.3, -0.25) is 18.7 Å². The van der Waals surface area contributed by atoms with Crippen molar-refractivity contribution in [2.75, 3.05) is 20.2 Å².